The third kappa shape index (κ3) is 3.94. The van der Waals surface area contributed by atoms with Crippen molar-refractivity contribution in [2.45, 2.75) is 5.75 Å². The molecule has 106 valence electrons. The van der Waals surface area contributed by atoms with Gasteiger partial charge in [-0.25, -0.2) is 13.4 Å². The Morgan fingerprint density at radius 2 is 2.00 bits per heavy atom. The number of rotatable bonds is 5. The summed E-state index contributed by atoms with van der Waals surface area (Å²) in [5, 5.41) is 0. The van der Waals surface area contributed by atoms with Crippen LogP contribution in [0.4, 0.5) is 5.69 Å². The van der Waals surface area contributed by atoms with Crippen molar-refractivity contribution in [2.24, 2.45) is 0 Å². The molecule has 0 saturated carbocycles. The standard InChI is InChI=1S/C13H13BrN2O3S/c1-19-13-12(7-11(14)8-15-13)16-20(17,18)9-10-5-3-2-4-6-10/h2-8,16H,9H2,1H3. The fraction of sp³-hybridized carbons (Fsp3) is 0.154. The SMILES string of the molecule is COc1ncc(Br)cc1NS(=O)(=O)Cc1ccccc1. The molecule has 1 N–H and O–H groups in total. The van der Waals surface area contributed by atoms with E-state index in [0.29, 0.717) is 15.7 Å². The number of pyridine rings is 1. The molecule has 1 aromatic heterocycles. The Labute approximate surface area is 126 Å². The van der Waals surface area contributed by atoms with E-state index in [0.717, 1.165) is 0 Å². The van der Waals surface area contributed by atoms with E-state index in [2.05, 4.69) is 25.6 Å². The molecule has 0 aliphatic heterocycles. The van der Waals surface area contributed by atoms with Crippen LogP contribution in [0.1, 0.15) is 5.56 Å². The number of hydrogen-bond donors (Lipinski definition) is 1. The van der Waals surface area contributed by atoms with E-state index in [1.165, 1.54) is 13.3 Å². The lowest BCUT2D eigenvalue weighted by Crippen LogP contribution is -2.16. The summed E-state index contributed by atoms with van der Waals surface area (Å²) in [6.45, 7) is 0. The molecular formula is C13H13BrN2O3S. The van der Waals surface area contributed by atoms with Crippen molar-refractivity contribution in [1.82, 2.24) is 4.98 Å². The van der Waals surface area contributed by atoms with Crippen LogP contribution in [0, 0.1) is 0 Å². The highest BCUT2D eigenvalue weighted by Crippen LogP contribution is 2.26. The number of nitrogens with one attached hydrogen (secondary N) is 1. The minimum absolute atomic E-state index is 0.108. The van der Waals surface area contributed by atoms with E-state index in [4.69, 9.17) is 4.74 Å². The van der Waals surface area contributed by atoms with Crippen molar-refractivity contribution in [3.63, 3.8) is 0 Å². The number of sulfonamides is 1. The summed E-state index contributed by atoms with van der Waals surface area (Å²) in [5.41, 5.74) is 1.01. The van der Waals surface area contributed by atoms with E-state index in [1.807, 2.05) is 6.07 Å². The Balaban J connectivity index is 2.22. The number of anilines is 1. The van der Waals surface area contributed by atoms with Gasteiger partial charge in [0.15, 0.2) is 0 Å². The van der Waals surface area contributed by atoms with Crippen molar-refractivity contribution in [2.75, 3.05) is 11.8 Å². The first-order valence-electron chi connectivity index (χ1n) is 5.74. The Morgan fingerprint density at radius 1 is 1.30 bits per heavy atom. The molecule has 0 unspecified atom stereocenters. The predicted octanol–water partition coefficient (Wildman–Crippen LogP) is 2.79. The number of aromatic nitrogens is 1. The average molecular weight is 357 g/mol. The average Bonchev–Trinajstić information content (AvgIpc) is 2.39. The van der Waals surface area contributed by atoms with Crippen LogP contribution < -0.4 is 9.46 Å². The summed E-state index contributed by atoms with van der Waals surface area (Å²) >= 11 is 3.25. The van der Waals surface area contributed by atoms with Gasteiger partial charge in [-0.1, -0.05) is 30.3 Å². The van der Waals surface area contributed by atoms with Crippen LogP contribution >= 0.6 is 15.9 Å². The van der Waals surface area contributed by atoms with Gasteiger partial charge in [-0.05, 0) is 27.6 Å². The topological polar surface area (TPSA) is 68.3 Å². The molecule has 0 bridgehead atoms. The number of methoxy groups -OCH3 is 1. The maximum absolute atomic E-state index is 12.1. The monoisotopic (exact) mass is 356 g/mol. The van der Waals surface area contributed by atoms with E-state index in [1.54, 1.807) is 30.3 Å². The molecule has 1 aromatic carbocycles. The second-order valence-electron chi connectivity index (χ2n) is 4.06. The lowest BCUT2D eigenvalue weighted by Gasteiger charge is -2.11. The van der Waals surface area contributed by atoms with Crippen LogP contribution in [-0.4, -0.2) is 20.5 Å². The Bertz CT molecular complexity index is 690. The number of benzene rings is 1. The van der Waals surface area contributed by atoms with E-state index in [9.17, 15) is 8.42 Å². The summed E-state index contributed by atoms with van der Waals surface area (Å²) in [7, 11) is -2.09. The molecular weight excluding hydrogens is 344 g/mol. The number of ether oxygens (including phenoxy) is 1. The molecule has 1 heterocycles. The molecule has 0 aliphatic carbocycles. The third-order valence-electron chi connectivity index (χ3n) is 2.48. The van der Waals surface area contributed by atoms with Crippen molar-refractivity contribution >= 4 is 31.6 Å². The number of nitrogens with zero attached hydrogens (tertiary/aromatic N) is 1. The smallest absolute Gasteiger partial charge is 0.238 e. The summed E-state index contributed by atoms with van der Waals surface area (Å²) < 4.78 is 32.5. The molecule has 5 nitrogen and oxygen atoms in total. The van der Waals surface area contributed by atoms with Crippen LogP contribution in [0.25, 0.3) is 0 Å². The predicted molar refractivity (Wildman–Crippen MR) is 81.2 cm³/mol. The molecule has 0 fully saturated rings. The van der Waals surface area contributed by atoms with Gasteiger partial charge in [0.2, 0.25) is 15.9 Å². The first-order chi connectivity index (χ1) is 9.50. The summed E-state index contributed by atoms with van der Waals surface area (Å²) in [4.78, 5) is 3.99. The van der Waals surface area contributed by atoms with Gasteiger partial charge in [-0.15, -0.1) is 0 Å². The molecule has 0 spiro atoms. The largest absolute Gasteiger partial charge is 0.479 e. The van der Waals surface area contributed by atoms with Crippen LogP contribution in [0.3, 0.4) is 0 Å². The summed E-state index contributed by atoms with van der Waals surface area (Å²) in [6.07, 6.45) is 1.54. The van der Waals surface area contributed by atoms with Gasteiger partial charge in [0.05, 0.1) is 12.9 Å². The minimum Gasteiger partial charge on any atom is -0.479 e. The van der Waals surface area contributed by atoms with Crippen molar-refractivity contribution in [1.29, 1.82) is 0 Å². The Morgan fingerprint density at radius 3 is 2.65 bits per heavy atom. The summed E-state index contributed by atoms with van der Waals surface area (Å²) in [6, 6.07) is 10.6. The second kappa shape index (κ2) is 6.23. The molecule has 0 amide bonds. The third-order valence-corrected chi connectivity index (χ3v) is 4.15. The highest BCUT2D eigenvalue weighted by atomic mass is 79.9. The van der Waals surface area contributed by atoms with Crippen molar-refractivity contribution < 1.29 is 13.2 Å². The number of hydrogen-bond acceptors (Lipinski definition) is 4. The summed E-state index contributed by atoms with van der Waals surface area (Å²) in [5.74, 6) is 0.119. The van der Waals surface area contributed by atoms with Gasteiger partial charge in [0, 0.05) is 10.7 Å². The van der Waals surface area contributed by atoms with Crippen molar-refractivity contribution in [3.8, 4) is 5.88 Å². The quantitative estimate of drug-likeness (QED) is 0.894. The normalized spacial score (nSPS) is 11.1. The van der Waals surface area contributed by atoms with Gasteiger partial charge < -0.3 is 4.74 Å². The molecule has 0 aliphatic rings. The van der Waals surface area contributed by atoms with E-state index in [-0.39, 0.29) is 11.6 Å². The van der Waals surface area contributed by atoms with E-state index >= 15 is 0 Å². The van der Waals surface area contributed by atoms with Crippen LogP contribution in [0.2, 0.25) is 0 Å². The Hall–Kier alpha value is -1.60. The molecule has 7 heteroatoms. The van der Waals surface area contributed by atoms with Gasteiger partial charge >= 0.3 is 0 Å². The molecule has 2 rings (SSSR count). The maximum Gasteiger partial charge on any atom is 0.238 e. The first-order valence-corrected chi connectivity index (χ1v) is 8.18. The Kier molecular flexibility index (Phi) is 4.61. The zero-order chi connectivity index (χ0) is 14.6. The van der Waals surface area contributed by atoms with Crippen molar-refractivity contribution in [3.05, 3.63) is 52.6 Å². The highest BCUT2D eigenvalue weighted by molar-refractivity contribution is 9.10. The molecule has 2 aromatic rings. The molecule has 0 saturated heterocycles. The second-order valence-corrected chi connectivity index (χ2v) is 6.70. The van der Waals surface area contributed by atoms with Crippen LogP contribution in [0.15, 0.2) is 47.1 Å². The first kappa shape index (κ1) is 14.8. The minimum atomic E-state index is -3.53. The van der Waals surface area contributed by atoms with Gasteiger partial charge in [-0.2, -0.15) is 0 Å². The lowest BCUT2D eigenvalue weighted by atomic mass is 10.2. The zero-order valence-electron chi connectivity index (χ0n) is 10.7. The number of halogens is 1. The fourth-order valence-electron chi connectivity index (χ4n) is 1.66. The van der Waals surface area contributed by atoms with Crippen LogP contribution in [0.5, 0.6) is 5.88 Å². The molecule has 0 atom stereocenters. The van der Waals surface area contributed by atoms with Gasteiger partial charge in [0.1, 0.15) is 5.69 Å². The zero-order valence-corrected chi connectivity index (χ0v) is 13.1. The highest BCUT2D eigenvalue weighted by Gasteiger charge is 2.15. The maximum atomic E-state index is 12.1. The lowest BCUT2D eigenvalue weighted by molar-refractivity contribution is 0.400. The fourth-order valence-corrected chi connectivity index (χ4v) is 3.18. The van der Waals surface area contributed by atoms with Crippen LogP contribution in [-0.2, 0) is 15.8 Å². The molecule has 0 radical (unpaired) electrons. The van der Waals surface area contributed by atoms with Gasteiger partial charge in [0.25, 0.3) is 0 Å². The van der Waals surface area contributed by atoms with E-state index < -0.39 is 10.0 Å². The molecule has 20 heavy (non-hydrogen) atoms. The van der Waals surface area contributed by atoms with Gasteiger partial charge in [-0.3, -0.25) is 4.72 Å².